The molecule has 1 rings (SSSR count). The monoisotopic (exact) mass is 279 g/mol. The van der Waals surface area contributed by atoms with Crippen LogP contribution in [0.15, 0.2) is 24.3 Å². The van der Waals surface area contributed by atoms with E-state index in [2.05, 4.69) is 19.2 Å². The van der Waals surface area contributed by atoms with E-state index in [1.165, 1.54) is 0 Å². The van der Waals surface area contributed by atoms with Gasteiger partial charge in [-0.25, -0.2) is 0 Å². The van der Waals surface area contributed by atoms with Crippen molar-refractivity contribution in [3.63, 3.8) is 0 Å². The fourth-order valence-corrected chi connectivity index (χ4v) is 1.78. The molecule has 20 heavy (non-hydrogen) atoms. The second-order valence-corrected chi connectivity index (χ2v) is 5.05. The van der Waals surface area contributed by atoms with Gasteiger partial charge in [-0.05, 0) is 37.8 Å². The summed E-state index contributed by atoms with van der Waals surface area (Å²) in [6.45, 7) is 7.56. The van der Waals surface area contributed by atoms with E-state index >= 15 is 0 Å². The van der Waals surface area contributed by atoms with Crippen molar-refractivity contribution < 1.29 is 14.3 Å². The molecule has 0 saturated heterocycles. The molecule has 0 saturated carbocycles. The van der Waals surface area contributed by atoms with E-state index in [1.54, 1.807) is 6.07 Å². The zero-order chi connectivity index (χ0) is 14.8. The SMILES string of the molecule is CCOc1ccccc1OCC(=O)NCCCC(C)C. The second kappa shape index (κ2) is 9.23. The van der Waals surface area contributed by atoms with E-state index < -0.39 is 0 Å². The van der Waals surface area contributed by atoms with Crippen LogP contribution in [-0.4, -0.2) is 25.7 Å². The Bertz CT molecular complexity index is 404. The van der Waals surface area contributed by atoms with Gasteiger partial charge in [-0.3, -0.25) is 4.79 Å². The first-order valence-corrected chi connectivity index (χ1v) is 7.24. The molecule has 0 aromatic heterocycles. The molecular formula is C16H25NO3. The van der Waals surface area contributed by atoms with Crippen LogP contribution in [0.1, 0.15) is 33.6 Å². The molecule has 0 aliphatic heterocycles. The number of ether oxygens (including phenoxy) is 2. The number of amides is 1. The van der Waals surface area contributed by atoms with Crippen molar-refractivity contribution in [1.82, 2.24) is 5.32 Å². The summed E-state index contributed by atoms with van der Waals surface area (Å²) in [6, 6.07) is 7.37. The Hall–Kier alpha value is -1.71. The van der Waals surface area contributed by atoms with Crippen molar-refractivity contribution in [2.45, 2.75) is 33.6 Å². The summed E-state index contributed by atoms with van der Waals surface area (Å²) >= 11 is 0. The number of carbonyl (C=O) groups is 1. The van der Waals surface area contributed by atoms with E-state index in [1.807, 2.05) is 25.1 Å². The van der Waals surface area contributed by atoms with Crippen LogP contribution in [-0.2, 0) is 4.79 Å². The van der Waals surface area contributed by atoms with Gasteiger partial charge in [0.05, 0.1) is 6.61 Å². The standard InChI is InChI=1S/C16H25NO3/c1-4-19-14-9-5-6-10-15(14)20-12-16(18)17-11-7-8-13(2)3/h5-6,9-10,13H,4,7-8,11-12H2,1-3H3,(H,17,18). The minimum absolute atomic E-state index is 0.0196. The lowest BCUT2D eigenvalue weighted by molar-refractivity contribution is -0.123. The summed E-state index contributed by atoms with van der Waals surface area (Å²) in [5.41, 5.74) is 0. The van der Waals surface area contributed by atoms with Crippen LogP contribution in [0.25, 0.3) is 0 Å². The van der Waals surface area contributed by atoms with Gasteiger partial charge in [-0.2, -0.15) is 0 Å². The summed E-state index contributed by atoms with van der Waals surface area (Å²) in [4.78, 5) is 11.7. The largest absolute Gasteiger partial charge is 0.490 e. The number of carbonyl (C=O) groups excluding carboxylic acids is 1. The van der Waals surface area contributed by atoms with Gasteiger partial charge in [0, 0.05) is 6.54 Å². The first-order valence-electron chi connectivity index (χ1n) is 7.24. The number of benzene rings is 1. The Morgan fingerprint density at radius 1 is 1.20 bits per heavy atom. The highest BCUT2D eigenvalue weighted by atomic mass is 16.5. The van der Waals surface area contributed by atoms with Crippen LogP contribution in [0.4, 0.5) is 0 Å². The first-order chi connectivity index (χ1) is 9.63. The lowest BCUT2D eigenvalue weighted by Crippen LogP contribution is -2.29. The molecule has 0 bridgehead atoms. The van der Waals surface area contributed by atoms with Crippen LogP contribution in [0.5, 0.6) is 11.5 Å². The predicted molar refractivity (Wildman–Crippen MR) is 80.2 cm³/mol. The van der Waals surface area contributed by atoms with Crippen LogP contribution in [0, 0.1) is 5.92 Å². The smallest absolute Gasteiger partial charge is 0.257 e. The maximum atomic E-state index is 11.7. The first kappa shape index (κ1) is 16.3. The van der Waals surface area contributed by atoms with Crippen molar-refractivity contribution in [2.24, 2.45) is 5.92 Å². The molecule has 0 unspecified atom stereocenters. The van der Waals surface area contributed by atoms with E-state index in [9.17, 15) is 4.79 Å². The third kappa shape index (κ3) is 6.45. The Balaban J connectivity index is 2.30. The molecule has 4 nitrogen and oxygen atoms in total. The molecule has 112 valence electrons. The van der Waals surface area contributed by atoms with Crippen molar-refractivity contribution >= 4 is 5.91 Å². The number of hydrogen-bond donors (Lipinski definition) is 1. The summed E-state index contributed by atoms with van der Waals surface area (Å²) in [7, 11) is 0. The van der Waals surface area contributed by atoms with Crippen molar-refractivity contribution in [3.8, 4) is 11.5 Å². The fraction of sp³-hybridized carbons (Fsp3) is 0.562. The maximum Gasteiger partial charge on any atom is 0.257 e. The number of para-hydroxylation sites is 2. The Morgan fingerprint density at radius 2 is 1.85 bits per heavy atom. The summed E-state index contributed by atoms with van der Waals surface area (Å²) in [6.07, 6.45) is 2.12. The maximum absolute atomic E-state index is 11.7. The molecule has 0 atom stereocenters. The fourth-order valence-electron chi connectivity index (χ4n) is 1.78. The van der Waals surface area contributed by atoms with Crippen LogP contribution in [0.3, 0.4) is 0 Å². The van der Waals surface area contributed by atoms with Crippen molar-refractivity contribution in [2.75, 3.05) is 19.8 Å². The minimum atomic E-state index is -0.0972. The van der Waals surface area contributed by atoms with Gasteiger partial charge >= 0.3 is 0 Å². The van der Waals surface area contributed by atoms with E-state index in [0.717, 1.165) is 12.8 Å². The third-order valence-electron chi connectivity index (χ3n) is 2.79. The zero-order valence-corrected chi connectivity index (χ0v) is 12.6. The Kier molecular flexibility index (Phi) is 7.55. The quantitative estimate of drug-likeness (QED) is 0.707. The van der Waals surface area contributed by atoms with Gasteiger partial charge in [0.25, 0.3) is 5.91 Å². The second-order valence-electron chi connectivity index (χ2n) is 5.05. The van der Waals surface area contributed by atoms with Gasteiger partial charge in [0.15, 0.2) is 18.1 Å². The number of rotatable bonds is 9. The van der Waals surface area contributed by atoms with E-state index in [4.69, 9.17) is 9.47 Å². The molecule has 0 radical (unpaired) electrons. The van der Waals surface area contributed by atoms with Crippen LogP contribution < -0.4 is 14.8 Å². The highest BCUT2D eigenvalue weighted by Crippen LogP contribution is 2.26. The Labute approximate surface area is 121 Å². The van der Waals surface area contributed by atoms with Crippen molar-refractivity contribution in [1.29, 1.82) is 0 Å². The van der Waals surface area contributed by atoms with Gasteiger partial charge in [0.1, 0.15) is 0 Å². The molecule has 0 aliphatic rings. The van der Waals surface area contributed by atoms with E-state index in [-0.39, 0.29) is 12.5 Å². The number of hydrogen-bond acceptors (Lipinski definition) is 3. The van der Waals surface area contributed by atoms with Crippen molar-refractivity contribution in [3.05, 3.63) is 24.3 Å². The molecule has 0 aliphatic carbocycles. The van der Waals surface area contributed by atoms with E-state index in [0.29, 0.717) is 30.6 Å². The predicted octanol–water partition coefficient (Wildman–Crippen LogP) is 3.02. The van der Waals surface area contributed by atoms with Gasteiger partial charge in [-0.1, -0.05) is 26.0 Å². The average molecular weight is 279 g/mol. The summed E-state index contributed by atoms with van der Waals surface area (Å²) < 4.78 is 10.9. The van der Waals surface area contributed by atoms with Crippen LogP contribution >= 0.6 is 0 Å². The van der Waals surface area contributed by atoms with Gasteiger partial charge < -0.3 is 14.8 Å². The average Bonchev–Trinajstić information content (AvgIpc) is 2.43. The number of nitrogens with one attached hydrogen (secondary N) is 1. The lowest BCUT2D eigenvalue weighted by atomic mass is 10.1. The third-order valence-corrected chi connectivity index (χ3v) is 2.79. The molecule has 1 aromatic rings. The molecule has 1 N–H and O–H groups in total. The van der Waals surface area contributed by atoms with Gasteiger partial charge in [-0.15, -0.1) is 0 Å². The molecule has 1 aromatic carbocycles. The Morgan fingerprint density at radius 3 is 2.45 bits per heavy atom. The summed E-state index contributed by atoms with van der Waals surface area (Å²) in [5, 5.41) is 2.85. The molecule has 0 heterocycles. The normalized spacial score (nSPS) is 10.4. The summed E-state index contributed by atoms with van der Waals surface area (Å²) in [5.74, 6) is 1.84. The molecular weight excluding hydrogens is 254 g/mol. The van der Waals surface area contributed by atoms with Crippen LogP contribution in [0.2, 0.25) is 0 Å². The highest BCUT2D eigenvalue weighted by molar-refractivity contribution is 5.77. The van der Waals surface area contributed by atoms with Gasteiger partial charge in [0.2, 0.25) is 0 Å². The zero-order valence-electron chi connectivity index (χ0n) is 12.6. The minimum Gasteiger partial charge on any atom is -0.490 e. The highest BCUT2D eigenvalue weighted by Gasteiger charge is 2.06. The topological polar surface area (TPSA) is 47.6 Å². The molecule has 0 spiro atoms. The molecule has 1 amide bonds. The molecule has 0 fully saturated rings. The lowest BCUT2D eigenvalue weighted by Gasteiger charge is -2.11. The molecule has 4 heteroatoms.